The number of methoxy groups -OCH3 is 3. The minimum atomic E-state index is -0.551. The lowest BCUT2D eigenvalue weighted by molar-refractivity contribution is -0.301. The number of carbonyl (C=O) groups is 1. The van der Waals surface area contributed by atoms with Crippen LogP contribution in [0.15, 0.2) is 12.1 Å². The van der Waals surface area contributed by atoms with E-state index in [1.165, 1.54) is 21.3 Å². The van der Waals surface area contributed by atoms with Crippen LogP contribution in [0.1, 0.15) is 13.8 Å². The average molecular weight is 366 g/mol. The molecule has 2 amide bonds. The highest BCUT2D eigenvalue weighted by Crippen LogP contribution is 2.41. The van der Waals surface area contributed by atoms with Gasteiger partial charge in [0.15, 0.2) is 17.3 Å². The summed E-state index contributed by atoms with van der Waals surface area (Å²) in [7, 11) is 4.60. The Morgan fingerprint density at radius 3 is 2.04 bits per heavy atom. The smallest absolute Gasteiger partial charge is 0.321 e. The number of nitrogens with zero attached hydrogens (tertiary/aromatic N) is 1. The molecule has 26 heavy (non-hydrogen) atoms. The zero-order chi connectivity index (χ0) is 18.9. The van der Waals surface area contributed by atoms with E-state index < -0.39 is 5.79 Å². The zero-order valence-electron chi connectivity index (χ0n) is 15.9. The molecule has 0 aliphatic carbocycles. The van der Waals surface area contributed by atoms with Crippen molar-refractivity contribution < 1.29 is 28.5 Å². The first kappa shape index (κ1) is 18.6. The summed E-state index contributed by atoms with van der Waals surface area (Å²) in [4.78, 5) is 14.3. The highest BCUT2D eigenvalue weighted by Gasteiger charge is 2.50. The number of anilines is 1. The Bertz CT molecular complexity index is 647. The van der Waals surface area contributed by atoms with Gasteiger partial charge in [-0.25, -0.2) is 4.79 Å². The quantitative estimate of drug-likeness (QED) is 0.881. The summed E-state index contributed by atoms with van der Waals surface area (Å²) in [6, 6.07) is 3.21. The van der Waals surface area contributed by atoms with Crippen LogP contribution in [0, 0.1) is 5.41 Å². The first-order valence-corrected chi connectivity index (χ1v) is 8.45. The maximum absolute atomic E-state index is 12.5. The lowest BCUT2D eigenvalue weighted by Crippen LogP contribution is -2.66. The molecular formula is C18H26N2O6. The first-order chi connectivity index (χ1) is 12.3. The Labute approximate surface area is 153 Å². The summed E-state index contributed by atoms with van der Waals surface area (Å²) in [5.74, 6) is 0.900. The fourth-order valence-electron chi connectivity index (χ4n) is 3.18. The van der Waals surface area contributed by atoms with Crippen molar-refractivity contribution in [1.29, 1.82) is 0 Å². The van der Waals surface area contributed by atoms with Crippen LogP contribution >= 0.6 is 0 Å². The van der Waals surface area contributed by atoms with E-state index >= 15 is 0 Å². The van der Waals surface area contributed by atoms with Crippen molar-refractivity contribution in [3.63, 3.8) is 0 Å². The van der Waals surface area contributed by atoms with Crippen molar-refractivity contribution in [2.75, 3.05) is 52.9 Å². The molecule has 1 N–H and O–H groups in total. The van der Waals surface area contributed by atoms with Crippen molar-refractivity contribution in [3.05, 3.63) is 12.1 Å². The molecule has 2 fully saturated rings. The van der Waals surface area contributed by atoms with Crippen molar-refractivity contribution in [1.82, 2.24) is 4.90 Å². The Hall–Kier alpha value is -2.19. The highest BCUT2D eigenvalue weighted by atomic mass is 16.7. The molecule has 144 valence electrons. The van der Waals surface area contributed by atoms with Crippen LogP contribution in [0.2, 0.25) is 0 Å². The molecule has 0 saturated carbocycles. The lowest BCUT2D eigenvalue weighted by Gasteiger charge is -2.53. The molecule has 0 unspecified atom stereocenters. The van der Waals surface area contributed by atoms with Crippen molar-refractivity contribution >= 4 is 11.7 Å². The largest absolute Gasteiger partial charge is 0.493 e. The second-order valence-corrected chi connectivity index (χ2v) is 7.18. The average Bonchev–Trinajstić information content (AvgIpc) is 2.59. The number of ether oxygens (including phenoxy) is 5. The predicted molar refractivity (Wildman–Crippen MR) is 95.1 cm³/mol. The molecule has 2 aliphatic rings. The number of hydrogen-bond acceptors (Lipinski definition) is 6. The number of hydrogen-bond donors (Lipinski definition) is 1. The molecule has 2 heterocycles. The van der Waals surface area contributed by atoms with Gasteiger partial charge in [-0.05, 0) is 13.8 Å². The van der Waals surface area contributed by atoms with Crippen LogP contribution in [-0.2, 0) is 9.47 Å². The molecule has 8 nitrogen and oxygen atoms in total. The number of nitrogens with one attached hydrogen (secondary N) is 1. The van der Waals surface area contributed by atoms with E-state index in [4.69, 9.17) is 23.7 Å². The third kappa shape index (κ3) is 3.52. The SMILES string of the molecule is COc1cc(NC(=O)N2CC3(COC(C)(C)OC3)C2)cc(OC)c1OC. The number of urea groups is 1. The minimum absolute atomic E-state index is 0.109. The monoisotopic (exact) mass is 366 g/mol. The number of rotatable bonds is 4. The number of amides is 2. The summed E-state index contributed by atoms with van der Waals surface area (Å²) in [5.41, 5.74) is 0.463. The summed E-state index contributed by atoms with van der Waals surface area (Å²) >= 11 is 0. The van der Waals surface area contributed by atoms with Crippen LogP contribution in [0.3, 0.4) is 0 Å². The number of carbonyl (C=O) groups excluding carboxylic acids is 1. The molecule has 0 radical (unpaired) electrons. The van der Waals surface area contributed by atoms with E-state index in [-0.39, 0.29) is 11.4 Å². The van der Waals surface area contributed by atoms with Gasteiger partial charge in [0.05, 0.1) is 45.6 Å². The Morgan fingerprint density at radius 2 is 1.58 bits per heavy atom. The zero-order valence-corrected chi connectivity index (χ0v) is 15.9. The van der Waals surface area contributed by atoms with Gasteiger partial charge in [-0.2, -0.15) is 0 Å². The van der Waals surface area contributed by atoms with Crippen molar-refractivity contribution in [2.24, 2.45) is 5.41 Å². The highest BCUT2D eigenvalue weighted by molar-refractivity contribution is 5.91. The molecule has 0 atom stereocenters. The minimum Gasteiger partial charge on any atom is -0.493 e. The maximum Gasteiger partial charge on any atom is 0.321 e. The molecule has 2 saturated heterocycles. The molecule has 1 aromatic rings. The van der Waals surface area contributed by atoms with Crippen LogP contribution in [0.25, 0.3) is 0 Å². The maximum atomic E-state index is 12.5. The van der Waals surface area contributed by atoms with E-state index in [0.717, 1.165) is 0 Å². The van der Waals surface area contributed by atoms with Gasteiger partial charge in [0.25, 0.3) is 0 Å². The molecule has 3 rings (SSSR count). The second kappa shape index (κ2) is 6.85. The first-order valence-electron chi connectivity index (χ1n) is 8.45. The van der Waals surface area contributed by atoms with Crippen molar-refractivity contribution in [2.45, 2.75) is 19.6 Å². The standard InChI is InChI=1S/C18H26N2O6/c1-17(2)25-10-18(11-26-17)8-20(9-18)16(21)19-12-6-13(22-3)15(24-5)14(7-12)23-4/h6-7H,8-11H2,1-5H3,(H,19,21). The van der Waals surface area contributed by atoms with Gasteiger partial charge in [0, 0.05) is 25.2 Å². The van der Waals surface area contributed by atoms with Crippen molar-refractivity contribution in [3.8, 4) is 17.2 Å². The van der Waals surface area contributed by atoms with E-state index in [9.17, 15) is 4.79 Å². The third-order valence-corrected chi connectivity index (χ3v) is 4.71. The fraction of sp³-hybridized carbons (Fsp3) is 0.611. The van der Waals surface area contributed by atoms with E-state index in [1.807, 2.05) is 13.8 Å². The van der Waals surface area contributed by atoms with E-state index in [0.29, 0.717) is 49.2 Å². The number of likely N-dealkylation sites (tertiary alicyclic amines) is 1. The Morgan fingerprint density at radius 1 is 1.04 bits per heavy atom. The molecule has 0 bridgehead atoms. The third-order valence-electron chi connectivity index (χ3n) is 4.71. The lowest BCUT2D eigenvalue weighted by atomic mass is 9.81. The number of benzene rings is 1. The van der Waals surface area contributed by atoms with Crippen LogP contribution in [-0.4, -0.2) is 64.4 Å². The van der Waals surface area contributed by atoms with Gasteiger partial charge in [0.1, 0.15) is 0 Å². The molecule has 2 aliphatic heterocycles. The molecule has 1 aromatic carbocycles. The molecule has 1 spiro atoms. The van der Waals surface area contributed by atoms with Crippen LogP contribution < -0.4 is 19.5 Å². The van der Waals surface area contributed by atoms with Gasteiger partial charge < -0.3 is 33.9 Å². The van der Waals surface area contributed by atoms with Gasteiger partial charge in [-0.3, -0.25) is 0 Å². The summed E-state index contributed by atoms with van der Waals surface area (Å²) in [6.45, 7) is 6.17. The fourth-order valence-corrected chi connectivity index (χ4v) is 3.18. The van der Waals surface area contributed by atoms with E-state index in [1.54, 1.807) is 17.0 Å². The predicted octanol–water partition coefficient (Wildman–Crippen LogP) is 2.33. The van der Waals surface area contributed by atoms with Gasteiger partial charge in [-0.1, -0.05) is 0 Å². The van der Waals surface area contributed by atoms with Gasteiger partial charge >= 0.3 is 6.03 Å². The summed E-state index contributed by atoms with van der Waals surface area (Å²) in [6.07, 6.45) is 0. The molecule has 8 heteroatoms. The normalized spacial score (nSPS) is 20.3. The second-order valence-electron chi connectivity index (χ2n) is 7.18. The van der Waals surface area contributed by atoms with Gasteiger partial charge in [-0.15, -0.1) is 0 Å². The van der Waals surface area contributed by atoms with Crippen LogP contribution in [0.5, 0.6) is 17.2 Å². The molecule has 0 aromatic heterocycles. The topological polar surface area (TPSA) is 78.5 Å². The summed E-state index contributed by atoms with van der Waals surface area (Å²) in [5, 5.41) is 2.87. The Balaban J connectivity index is 1.63. The van der Waals surface area contributed by atoms with E-state index in [2.05, 4.69) is 5.32 Å². The molecular weight excluding hydrogens is 340 g/mol. The Kier molecular flexibility index (Phi) is 4.90. The van der Waals surface area contributed by atoms with Crippen LogP contribution in [0.4, 0.5) is 10.5 Å². The summed E-state index contributed by atoms with van der Waals surface area (Å²) < 4.78 is 27.4. The van der Waals surface area contributed by atoms with Gasteiger partial charge in [0.2, 0.25) is 5.75 Å².